The van der Waals surface area contributed by atoms with E-state index in [2.05, 4.69) is 10.3 Å². The van der Waals surface area contributed by atoms with Crippen LogP contribution in [-0.4, -0.2) is 27.5 Å². The van der Waals surface area contributed by atoms with E-state index in [-0.39, 0.29) is 36.8 Å². The molecule has 1 heterocycles. The highest BCUT2D eigenvalue weighted by atomic mass is 35.5. The first-order chi connectivity index (χ1) is 10.2. The maximum atomic E-state index is 12.2. The lowest BCUT2D eigenvalue weighted by Gasteiger charge is -2.26. The Balaban J connectivity index is 0.00000132. The minimum atomic E-state index is -0.00680. The van der Waals surface area contributed by atoms with Crippen LogP contribution in [0.25, 0.3) is 5.69 Å². The Bertz CT molecular complexity index is 593. The van der Waals surface area contributed by atoms with Crippen molar-refractivity contribution in [2.75, 3.05) is 0 Å². The smallest absolute Gasteiger partial charge is 0.251 e. The average Bonchev–Trinajstić information content (AvgIpc) is 3.04. The second-order valence-electron chi connectivity index (χ2n) is 5.60. The number of benzene rings is 1. The van der Waals surface area contributed by atoms with Crippen molar-refractivity contribution in [1.29, 1.82) is 0 Å². The molecule has 1 aromatic heterocycles. The monoisotopic (exact) mass is 356 g/mol. The number of halogens is 2. The van der Waals surface area contributed by atoms with Gasteiger partial charge in [-0.2, -0.15) is 0 Å². The molecular weight excluding hydrogens is 335 g/mol. The zero-order valence-corrected chi connectivity index (χ0v) is 14.4. The van der Waals surface area contributed by atoms with E-state index in [0.717, 1.165) is 31.4 Å². The fourth-order valence-corrected chi connectivity index (χ4v) is 2.73. The third-order valence-corrected chi connectivity index (χ3v) is 4.04. The molecular formula is C16H22Cl2N4O. The number of nitrogens with zero attached hydrogens (tertiary/aromatic N) is 2. The Labute approximate surface area is 148 Å². The minimum absolute atomic E-state index is 0. The standard InChI is InChI=1S/C16H20N4O.2ClH/c17-13-3-5-14(6-4-13)19-16(21)12-1-7-15(8-2-12)20-10-9-18-11-20;;/h1-2,7-11,13-14H,3-6,17H2,(H,19,21);2*1H. The first-order valence-electron chi connectivity index (χ1n) is 7.37. The molecule has 1 aliphatic carbocycles. The SMILES string of the molecule is Cl.Cl.NC1CCC(NC(=O)c2ccc(-n3ccnc3)cc2)CC1. The number of nitrogens with one attached hydrogen (secondary N) is 1. The van der Waals surface area contributed by atoms with Crippen LogP contribution in [0.1, 0.15) is 36.0 Å². The highest BCUT2D eigenvalue weighted by Gasteiger charge is 2.20. The Morgan fingerprint density at radius 1 is 1.13 bits per heavy atom. The lowest BCUT2D eigenvalue weighted by atomic mass is 9.91. The molecule has 0 radical (unpaired) electrons. The van der Waals surface area contributed by atoms with Crippen molar-refractivity contribution >= 4 is 30.7 Å². The molecule has 1 amide bonds. The first-order valence-corrected chi connectivity index (χ1v) is 7.37. The quantitative estimate of drug-likeness (QED) is 0.887. The summed E-state index contributed by atoms with van der Waals surface area (Å²) >= 11 is 0. The van der Waals surface area contributed by atoms with Crippen LogP contribution in [0, 0.1) is 0 Å². The summed E-state index contributed by atoms with van der Waals surface area (Å²) in [6, 6.07) is 8.09. The van der Waals surface area contributed by atoms with Gasteiger partial charge in [-0.15, -0.1) is 24.8 Å². The van der Waals surface area contributed by atoms with Crippen LogP contribution in [0.2, 0.25) is 0 Å². The van der Waals surface area contributed by atoms with E-state index in [1.54, 1.807) is 12.5 Å². The van der Waals surface area contributed by atoms with Crippen LogP contribution in [0.4, 0.5) is 0 Å². The summed E-state index contributed by atoms with van der Waals surface area (Å²) in [4.78, 5) is 16.2. The molecule has 1 aliphatic rings. The summed E-state index contributed by atoms with van der Waals surface area (Å²) in [7, 11) is 0. The van der Waals surface area contributed by atoms with Crippen LogP contribution in [0.5, 0.6) is 0 Å². The van der Waals surface area contributed by atoms with Crippen LogP contribution in [0.15, 0.2) is 43.0 Å². The molecule has 1 aromatic carbocycles. The van der Waals surface area contributed by atoms with Crippen molar-refractivity contribution in [3.63, 3.8) is 0 Å². The van der Waals surface area contributed by atoms with Gasteiger partial charge in [-0.25, -0.2) is 4.98 Å². The fourth-order valence-electron chi connectivity index (χ4n) is 2.73. The molecule has 3 rings (SSSR count). The van der Waals surface area contributed by atoms with Crippen LogP contribution >= 0.6 is 24.8 Å². The van der Waals surface area contributed by atoms with Crippen molar-refractivity contribution < 1.29 is 4.79 Å². The van der Waals surface area contributed by atoms with Crippen molar-refractivity contribution in [2.24, 2.45) is 5.73 Å². The highest BCUT2D eigenvalue weighted by molar-refractivity contribution is 5.94. The van der Waals surface area contributed by atoms with E-state index >= 15 is 0 Å². The highest BCUT2D eigenvalue weighted by Crippen LogP contribution is 2.17. The van der Waals surface area contributed by atoms with E-state index < -0.39 is 0 Å². The predicted octanol–water partition coefficient (Wildman–Crippen LogP) is 2.72. The Kier molecular flexibility index (Phi) is 7.55. The summed E-state index contributed by atoms with van der Waals surface area (Å²) in [5, 5.41) is 3.10. The van der Waals surface area contributed by atoms with Crippen molar-refractivity contribution in [3.8, 4) is 5.69 Å². The first kappa shape index (κ1) is 19.5. The van der Waals surface area contributed by atoms with Gasteiger partial charge >= 0.3 is 0 Å². The van der Waals surface area contributed by atoms with Gasteiger partial charge in [0.2, 0.25) is 0 Å². The molecule has 0 atom stereocenters. The van der Waals surface area contributed by atoms with Crippen molar-refractivity contribution in [1.82, 2.24) is 14.9 Å². The number of rotatable bonds is 3. The maximum Gasteiger partial charge on any atom is 0.251 e. The molecule has 5 nitrogen and oxygen atoms in total. The molecule has 0 spiro atoms. The van der Waals surface area contributed by atoms with Gasteiger partial charge in [0.1, 0.15) is 0 Å². The molecule has 1 saturated carbocycles. The summed E-state index contributed by atoms with van der Waals surface area (Å²) in [6.45, 7) is 0. The second-order valence-corrected chi connectivity index (χ2v) is 5.60. The van der Waals surface area contributed by atoms with Crippen molar-refractivity contribution in [3.05, 3.63) is 48.5 Å². The largest absolute Gasteiger partial charge is 0.349 e. The Morgan fingerprint density at radius 3 is 2.35 bits per heavy atom. The van der Waals surface area contributed by atoms with Gasteiger partial charge in [-0.1, -0.05) is 0 Å². The number of carbonyl (C=O) groups is 1. The predicted molar refractivity (Wildman–Crippen MR) is 95.8 cm³/mol. The molecule has 0 unspecified atom stereocenters. The average molecular weight is 357 g/mol. The lowest BCUT2D eigenvalue weighted by molar-refractivity contribution is 0.0926. The fraction of sp³-hybridized carbons (Fsp3) is 0.375. The second kappa shape index (κ2) is 8.91. The number of hydrogen-bond donors (Lipinski definition) is 2. The van der Waals surface area contributed by atoms with E-state index in [1.807, 2.05) is 35.0 Å². The summed E-state index contributed by atoms with van der Waals surface area (Å²) in [5.74, 6) is -0.00680. The maximum absolute atomic E-state index is 12.2. The minimum Gasteiger partial charge on any atom is -0.349 e. The number of carbonyl (C=O) groups excluding carboxylic acids is 1. The number of amides is 1. The topological polar surface area (TPSA) is 72.9 Å². The normalized spacial score (nSPS) is 20.0. The van der Waals surface area contributed by atoms with E-state index in [9.17, 15) is 4.79 Å². The number of hydrogen-bond acceptors (Lipinski definition) is 3. The summed E-state index contributed by atoms with van der Waals surface area (Å²) < 4.78 is 1.91. The zero-order chi connectivity index (χ0) is 14.7. The van der Waals surface area contributed by atoms with Crippen LogP contribution in [-0.2, 0) is 0 Å². The Morgan fingerprint density at radius 2 is 1.78 bits per heavy atom. The molecule has 23 heavy (non-hydrogen) atoms. The summed E-state index contributed by atoms with van der Waals surface area (Å²) in [5.41, 5.74) is 7.56. The van der Waals surface area contributed by atoms with Crippen LogP contribution < -0.4 is 11.1 Å². The van der Waals surface area contributed by atoms with E-state index in [1.165, 1.54) is 0 Å². The molecule has 0 saturated heterocycles. The molecule has 7 heteroatoms. The number of nitrogens with two attached hydrogens (primary N) is 1. The number of imidazole rings is 1. The molecule has 3 N–H and O–H groups in total. The van der Waals surface area contributed by atoms with E-state index in [4.69, 9.17) is 5.73 Å². The molecule has 2 aromatic rings. The molecule has 1 fully saturated rings. The molecule has 0 bridgehead atoms. The van der Waals surface area contributed by atoms with Gasteiger partial charge in [0.25, 0.3) is 5.91 Å². The van der Waals surface area contributed by atoms with Gasteiger partial charge in [0, 0.05) is 35.7 Å². The van der Waals surface area contributed by atoms with E-state index in [0.29, 0.717) is 11.6 Å². The Hall–Kier alpha value is -1.56. The van der Waals surface area contributed by atoms with Crippen LogP contribution in [0.3, 0.4) is 0 Å². The summed E-state index contributed by atoms with van der Waals surface area (Å²) in [6.07, 6.45) is 9.27. The van der Waals surface area contributed by atoms with Gasteiger partial charge < -0.3 is 15.6 Å². The van der Waals surface area contributed by atoms with Gasteiger partial charge in [0.05, 0.1) is 6.33 Å². The van der Waals surface area contributed by atoms with Crippen molar-refractivity contribution in [2.45, 2.75) is 37.8 Å². The molecule has 0 aliphatic heterocycles. The van der Waals surface area contributed by atoms with Gasteiger partial charge in [0.15, 0.2) is 0 Å². The third-order valence-electron chi connectivity index (χ3n) is 4.04. The van der Waals surface area contributed by atoms with Gasteiger partial charge in [-0.3, -0.25) is 4.79 Å². The lowest BCUT2D eigenvalue weighted by Crippen LogP contribution is -2.40. The third kappa shape index (κ3) is 4.96. The van der Waals surface area contributed by atoms with Gasteiger partial charge in [-0.05, 0) is 49.9 Å². The zero-order valence-electron chi connectivity index (χ0n) is 12.7. The number of aromatic nitrogens is 2. The molecule has 126 valence electrons.